The van der Waals surface area contributed by atoms with Gasteiger partial charge in [0.2, 0.25) is 0 Å². The third-order valence-electron chi connectivity index (χ3n) is 7.12. The highest BCUT2D eigenvalue weighted by atomic mass is 19.1. The van der Waals surface area contributed by atoms with E-state index in [0.717, 1.165) is 42.4 Å². The molecule has 0 amide bonds. The van der Waals surface area contributed by atoms with E-state index in [1.165, 1.54) is 24.3 Å². The summed E-state index contributed by atoms with van der Waals surface area (Å²) in [6.07, 6.45) is 6.35. The lowest BCUT2D eigenvalue weighted by atomic mass is 9.83. The molecule has 0 aliphatic heterocycles. The first-order chi connectivity index (χ1) is 19.3. The van der Waals surface area contributed by atoms with Gasteiger partial charge in [0.25, 0.3) is 0 Å². The van der Waals surface area contributed by atoms with E-state index >= 15 is 0 Å². The Morgan fingerprint density at radius 2 is 1.07 bits per heavy atom. The van der Waals surface area contributed by atoms with E-state index < -0.39 is 5.83 Å². The molecule has 0 atom stereocenters. The fourth-order valence-corrected chi connectivity index (χ4v) is 4.67. The van der Waals surface area contributed by atoms with E-state index in [-0.39, 0.29) is 29.6 Å². The molecule has 0 bridgehead atoms. The highest BCUT2D eigenvalue weighted by molar-refractivity contribution is 5.90. The summed E-state index contributed by atoms with van der Waals surface area (Å²) in [6, 6.07) is 20.1. The van der Waals surface area contributed by atoms with Gasteiger partial charge in [0.05, 0.1) is 24.3 Å². The van der Waals surface area contributed by atoms with Crippen LogP contribution in [0.25, 0.3) is 16.7 Å². The zero-order valence-electron chi connectivity index (χ0n) is 22.3. The van der Waals surface area contributed by atoms with Crippen LogP contribution in [0, 0.1) is 17.7 Å². The maximum atomic E-state index is 13.1. The Bertz CT molecular complexity index is 1360. The highest BCUT2D eigenvalue weighted by Gasteiger charge is 2.24. The second-order valence-corrected chi connectivity index (χ2v) is 10.1. The Kier molecular flexibility index (Phi) is 9.79. The van der Waals surface area contributed by atoms with Crippen molar-refractivity contribution in [2.45, 2.75) is 25.7 Å². The fourth-order valence-electron chi connectivity index (χ4n) is 4.67. The molecule has 0 N–H and O–H groups in total. The van der Waals surface area contributed by atoms with Crippen molar-refractivity contribution < 1.29 is 27.8 Å². The molecule has 0 aromatic heterocycles. The summed E-state index contributed by atoms with van der Waals surface area (Å²) in [6.45, 7) is 7.77. The molecule has 1 aliphatic rings. The Morgan fingerprint density at radius 3 is 1.52 bits per heavy atom. The summed E-state index contributed by atoms with van der Waals surface area (Å²) >= 11 is 0. The zero-order valence-corrected chi connectivity index (χ0v) is 22.3. The topological polar surface area (TPSA) is 52.6 Å². The molecular formula is C34H32F2O4. The van der Waals surface area contributed by atoms with Crippen molar-refractivity contribution in [1.82, 2.24) is 0 Å². The van der Waals surface area contributed by atoms with Gasteiger partial charge in [0.15, 0.2) is 0 Å². The van der Waals surface area contributed by atoms with Gasteiger partial charge in [-0.1, -0.05) is 55.6 Å². The normalized spacial score (nSPS) is 16.9. The van der Waals surface area contributed by atoms with E-state index in [1.54, 1.807) is 48.5 Å². The number of halogens is 2. The molecule has 1 aliphatic carbocycles. The van der Waals surface area contributed by atoms with Gasteiger partial charge in [-0.15, -0.1) is 0 Å². The number of carbonyl (C=O) groups excluding carboxylic acids is 2. The van der Waals surface area contributed by atoms with Gasteiger partial charge in [-0.2, -0.15) is 0 Å². The van der Waals surface area contributed by atoms with E-state index in [2.05, 4.69) is 13.2 Å². The number of allylic oxidation sites excluding steroid dienone is 4. The largest absolute Gasteiger partial charge is 0.462 e. The van der Waals surface area contributed by atoms with Crippen LogP contribution in [0.4, 0.5) is 8.78 Å². The van der Waals surface area contributed by atoms with Gasteiger partial charge in [-0.25, -0.2) is 18.4 Å². The van der Waals surface area contributed by atoms with E-state index in [0.29, 0.717) is 29.9 Å². The summed E-state index contributed by atoms with van der Waals surface area (Å²) in [5.41, 5.74) is 4.08. The molecule has 4 nitrogen and oxygen atoms in total. The molecule has 1 saturated carbocycles. The molecule has 3 aromatic carbocycles. The Morgan fingerprint density at radius 1 is 0.675 bits per heavy atom. The van der Waals surface area contributed by atoms with Gasteiger partial charge in [0.1, 0.15) is 11.6 Å². The number of hydrogen-bond donors (Lipinski definition) is 0. The van der Waals surface area contributed by atoms with Crippen LogP contribution in [0.5, 0.6) is 0 Å². The van der Waals surface area contributed by atoms with Gasteiger partial charge >= 0.3 is 11.9 Å². The summed E-state index contributed by atoms with van der Waals surface area (Å²) in [7, 11) is 0. The summed E-state index contributed by atoms with van der Waals surface area (Å²) < 4.78 is 37.0. The second kappa shape index (κ2) is 13.7. The average Bonchev–Trinajstić information content (AvgIpc) is 2.98. The number of ether oxygens (including phenoxy) is 2. The van der Waals surface area contributed by atoms with E-state index in [4.69, 9.17) is 9.47 Å². The maximum absolute atomic E-state index is 13.1. The number of rotatable bonds is 10. The van der Waals surface area contributed by atoms with Crippen molar-refractivity contribution >= 4 is 17.5 Å². The monoisotopic (exact) mass is 542 g/mol. The quantitative estimate of drug-likeness (QED) is 0.191. The third kappa shape index (κ3) is 8.09. The van der Waals surface area contributed by atoms with Crippen LogP contribution in [-0.2, 0) is 9.47 Å². The summed E-state index contributed by atoms with van der Waals surface area (Å²) in [4.78, 5) is 25.0. The molecule has 0 unspecified atom stereocenters. The van der Waals surface area contributed by atoms with Crippen molar-refractivity contribution in [1.29, 1.82) is 0 Å². The van der Waals surface area contributed by atoms with Crippen LogP contribution < -0.4 is 0 Å². The standard InChI is InChI=1S/C34H32F2O4/c1-23(3-4-24(2)35)27-9-13-30(14-10-27)33(37)39-21-25-5-7-26(8-6-25)22-40-34(38)31-15-11-28(12-16-31)29-17-19-32(36)20-18-29/h3-4,9-20,25-26H,1-2,5-8,21-22H2/b4-3-. The SMILES string of the molecule is C=C(F)/C=C\C(=C)c1ccc(C(=O)OCC2CCC(COC(=O)c3ccc(-c4ccc(F)cc4)cc3)CC2)cc1. The van der Waals surface area contributed by atoms with E-state index in [1.807, 2.05) is 12.1 Å². The van der Waals surface area contributed by atoms with Gasteiger partial charge < -0.3 is 9.47 Å². The molecule has 0 saturated heterocycles. The minimum Gasteiger partial charge on any atom is -0.462 e. The van der Waals surface area contributed by atoms with E-state index in [9.17, 15) is 18.4 Å². The highest BCUT2D eigenvalue weighted by Crippen LogP contribution is 2.30. The second-order valence-electron chi connectivity index (χ2n) is 10.1. The first kappa shape index (κ1) is 28.7. The first-order valence-electron chi connectivity index (χ1n) is 13.3. The van der Waals surface area contributed by atoms with Crippen molar-refractivity contribution in [3.8, 4) is 11.1 Å². The summed E-state index contributed by atoms with van der Waals surface area (Å²) in [5, 5.41) is 0. The lowest BCUT2D eigenvalue weighted by Gasteiger charge is -2.27. The lowest BCUT2D eigenvalue weighted by molar-refractivity contribution is 0.0297. The van der Waals surface area contributed by atoms with Crippen molar-refractivity contribution in [3.63, 3.8) is 0 Å². The molecule has 6 heteroatoms. The Labute approximate surface area is 233 Å². The van der Waals surface area contributed by atoms with Crippen LogP contribution in [0.2, 0.25) is 0 Å². The van der Waals surface area contributed by atoms with Crippen LogP contribution >= 0.6 is 0 Å². The van der Waals surface area contributed by atoms with Crippen LogP contribution in [0.3, 0.4) is 0 Å². The van der Waals surface area contributed by atoms with Crippen LogP contribution in [0.1, 0.15) is 52.0 Å². The predicted molar refractivity (Wildman–Crippen MR) is 153 cm³/mol. The molecule has 206 valence electrons. The lowest BCUT2D eigenvalue weighted by Crippen LogP contribution is -2.24. The van der Waals surface area contributed by atoms with Crippen molar-refractivity contribution in [3.05, 3.63) is 126 Å². The molecule has 0 heterocycles. The molecular weight excluding hydrogens is 510 g/mol. The minimum atomic E-state index is -0.553. The Balaban J connectivity index is 1.16. The van der Waals surface area contributed by atoms with Gasteiger partial charge in [-0.05, 0) is 102 Å². The molecule has 40 heavy (non-hydrogen) atoms. The molecule has 1 fully saturated rings. The Hall–Kier alpha value is -4.32. The minimum absolute atomic E-state index is 0.271. The summed E-state index contributed by atoms with van der Waals surface area (Å²) in [5.74, 6) is -1.04. The van der Waals surface area contributed by atoms with Crippen LogP contribution in [-0.4, -0.2) is 25.2 Å². The molecule has 0 spiro atoms. The fraction of sp³-hybridized carbons (Fsp3) is 0.235. The smallest absolute Gasteiger partial charge is 0.338 e. The molecule has 0 radical (unpaired) electrons. The molecule has 3 aromatic rings. The van der Waals surface area contributed by atoms with Crippen molar-refractivity contribution in [2.75, 3.05) is 13.2 Å². The average molecular weight is 543 g/mol. The predicted octanol–water partition coefficient (Wildman–Crippen LogP) is 8.37. The first-order valence-corrected chi connectivity index (χ1v) is 13.3. The number of hydrogen-bond acceptors (Lipinski definition) is 4. The molecule has 4 rings (SSSR count). The van der Waals surface area contributed by atoms with Gasteiger partial charge in [-0.3, -0.25) is 0 Å². The number of carbonyl (C=O) groups is 2. The van der Waals surface area contributed by atoms with Crippen molar-refractivity contribution in [2.24, 2.45) is 11.8 Å². The zero-order chi connectivity index (χ0) is 28.5. The maximum Gasteiger partial charge on any atom is 0.338 e. The third-order valence-corrected chi connectivity index (χ3v) is 7.12. The van der Waals surface area contributed by atoms with Gasteiger partial charge in [0, 0.05) is 0 Å². The van der Waals surface area contributed by atoms with Crippen LogP contribution in [0.15, 0.2) is 104 Å². The number of esters is 2. The number of benzene rings is 3.